The van der Waals surface area contributed by atoms with Crippen molar-refractivity contribution < 1.29 is 4.74 Å². The second kappa shape index (κ2) is 5.71. The van der Waals surface area contributed by atoms with Gasteiger partial charge in [0.1, 0.15) is 5.75 Å². The van der Waals surface area contributed by atoms with Gasteiger partial charge in [0.15, 0.2) is 0 Å². The molecule has 0 aliphatic rings. The van der Waals surface area contributed by atoms with E-state index in [4.69, 9.17) is 10.5 Å². The quantitative estimate of drug-likeness (QED) is 0.856. The Labute approximate surface area is 120 Å². The molecule has 0 saturated carbocycles. The first-order chi connectivity index (χ1) is 8.61. The molecule has 2 aromatic rings. The summed E-state index contributed by atoms with van der Waals surface area (Å²) in [7, 11) is 1.66. The molecule has 1 heterocycles. The minimum absolute atomic E-state index is 0.0194. The highest BCUT2D eigenvalue weighted by Gasteiger charge is 2.19. The molecule has 1 aromatic heterocycles. The van der Waals surface area contributed by atoms with Crippen molar-refractivity contribution in [2.45, 2.75) is 19.0 Å². The van der Waals surface area contributed by atoms with Crippen LogP contribution in [0.2, 0.25) is 0 Å². The summed E-state index contributed by atoms with van der Waals surface area (Å²) < 4.78 is 8.18. The predicted molar refractivity (Wildman–Crippen MR) is 79.7 cm³/mol. The largest absolute Gasteiger partial charge is 0.497 e. The first-order valence-electron chi connectivity index (χ1n) is 5.71. The molecule has 5 heteroatoms. The van der Waals surface area contributed by atoms with Gasteiger partial charge in [-0.05, 0) is 47.2 Å². The van der Waals surface area contributed by atoms with Crippen molar-refractivity contribution in [3.63, 3.8) is 0 Å². The summed E-state index contributed by atoms with van der Waals surface area (Å²) in [6.45, 7) is 1.99. The zero-order chi connectivity index (χ0) is 13.1. The molecule has 2 rings (SSSR count). The van der Waals surface area contributed by atoms with Gasteiger partial charge >= 0.3 is 0 Å². The molecule has 0 fully saturated rings. The lowest BCUT2D eigenvalue weighted by molar-refractivity contribution is 0.413. The summed E-state index contributed by atoms with van der Waals surface area (Å²) in [6, 6.07) is 7.97. The number of aromatic nitrogens is 2. The number of halogens is 1. The maximum atomic E-state index is 6.09. The van der Waals surface area contributed by atoms with Gasteiger partial charge in [0, 0.05) is 12.2 Å². The van der Waals surface area contributed by atoms with Crippen LogP contribution in [0.3, 0.4) is 0 Å². The zero-order valence-electron chi connectivity index (χ0n) is 10.4. The fraction of sp³-hybridized carbons (Fsp3) is 0.308. The first kappa shape index (κ1) is 13.4. The molecular weight excluding hydrogens is 341 g/mol. The fourth-order valence-corrected chi connectivity index (χ4v) is 2.38. The second-order valence-electron chi connectivity index (χ2n) is 4.22. The Kier molecular flexibility index (Phi) is 4.23. The highest BCUT2D eigenvalue weighted by Crippen LogP contribution is 2.23. The predicted octanol–water partition coefficient (Wildman–Crippen LogP) is 2.43. The molecule has 96 valence electrons. The van der Waals surface area contributed by atoms with Crippen LogP contribution in [0.1, 0.15) is 18.5 Å². The van der Waals surface area contributed by atoms with Gasteiger partial charge in [0.25, 0.3) is 0 Å². The number of hydrogen-bond acceptors (Lipinski definition) is 3. The Hall–Kier alpha value is -1.08. The summed E-state index contributed by atoms with van der Waals surface area (Å²) in [4.78, 5) is 0. The van der Waals surface area contributed by atoms with E-state index in [-0.39, 0.29) is 12.1 Å². The fourth-order valence-electron chi connectivity index (χ4n) is 1.97. The Bertz CT molecular complexity index is 507. The maximum Gasteiger partial charge on any atom is 0.118 e. The molecular formula is C13H16IN3O. The molecule has 0 bridgehead atoms. The van der Waals surface area contributed by atoms with Gasteiger partial charge in [-0.2, -0.15) is 5.10 Å². The summed E-state index contributed by atoms with van der Waals surface area (Å²) in [5, 5.41) is 4.35. The van der Waals surface area contributed by atoms with Gasteiger partial charge in [-0.15, -0.1) is 0 Å². The van der Waals surface area contributed by atoms with E-state index in [1.165, 1.54) is 0 Å². The lowest BCUT2D eigenvalue weighted by atomic mass is 10.0. The third-order valence-corrected chi connectivity index (χ3v) is 3.37. The van der Waals surface area contributed by atoms with E-state index in [1.807, 2.05) is 48.3 Å². The molecule has 0 radical (unpaired) electrons. The van der Waals surface area contributed by atoms with Crippen LogP contribution in [0, 0.1) is 3.57 Å². The van der Waals surface area contributed by atoms with Crippen LogP contribution in [0.15, 0.2) is 36.7 Å². The molecule has 0 aliphatic heterocycles. The topological polar surface area (TPSA) is 53.1 Å². The van der Waals surface area contributed by atoms with Crippen LogP contribution in [0.5, 0.6) is 5.75 Å². The molecule has 0 amide bonds. The molecule has 2 N–H and O–H groups in total. The average Bonchev–Trinajstić information content (AvgIpc) is 2.76. The van der Waals surface area contributed by atoms with E-state index in [2.05, 4.69) is 27.7 Å². The molecule has 0 aliphatic carbocycles. The Balaban J connectivity index is 2.35. The number of nitrogens with zero attached hydrogens (tertiary/aromatic N) is 2. The van der Waals surface area contributed by atoms with Crippen LogP contribution in [-0.4, -0.2) is 22.9 Å². The van der Waals surface area contributed by atoms with Gasteiger partial charge in [-0.25, -0.2) is 0 Å². The number of ether oxygens (including phenoxy) is 1. The molecule has 2 atom stereocenters. The highest BCUT2D eigenvalue weighted by atomic mass is 127. The van der Waals surface area contributed by atoms with Crippen molar-refractivity contribution in [3.8, 4) is 5.75 Å². The third kappa shape index (κ3) is 2.84. The van der Waals surface area contributed by atoms with Crippen molar-refractivity contribution in [1.29, 1.82) is 0 Å². The lowest BCUT2D eigenvalue weighted by Crippen LogP contribution is -2.30. The summed E-state index contributed by atoms with van der Waals surface area (Å²) in [6.07, 6.45) is 3.83. The Morgan fingerprint density at radius 3 is 2.44 bits per heavy atom. The second-order valence-corrected chi connectivity index (χ2v) is 5.46. The van der Waals surface area contributed by atoms with Gasteiger partial charge in [-0.1, -0.05) is 12.1 Å². The van der Waals surface area contributed by atoms with E-state index in [0.29, 0.717) is 0 Å². The molecule has 0 saturated heterocycles. The average molecular weight is 357 g/mol. The normalized spacial score (nSPS) is 14.2. The van der Waals surface area contributed by atoms with E-state index in [0.717, 1.165) is 14.9 Å². The third-order valence-electron chi connectivity index (χ3n) is 2.81. The van der Waals surface area contributed by atoms with Crippen molar-refractivity contribution in [2.24, 2.45) is 5.73 Å². The van der Waals surface area contributed by atoms with Crippen LogP contribution >= 0.6 is 22.6 Å². The van der Waals surface area contributed by atoms with E-state index in [1.54, 1.807) is 7.11 Å². The number of methoxy groups -OCH3 is 1. The summed E-state index contributed by atoms with van der Waals surface area (Å²) in [5.74, 6) is 0.845. The van der Waals surface area contributed by atoms with Crippen LogP contribution < -0.4 is 10.5 Å². The number of benzene rings is 1. The Morgan fingerprint density at radius 2 is 2.00 bits per heavy atom. The minimum Gasteiger partial charge on any atom is -0.497 e. The molecule has 0 spiro atoms. The van der Waals surface area contributed by atoms with Crippen LogP contribution in [-0.2, 0) is 0 Å². The Morgan fingerprint density at radius 1 is 1.33 bits per heavy atom. The smallest absolute Gasteiger partial charge is 0.118 e. The summed E-state index contributed by atoms with van der Waals surface area (Å²) >= 11 is 2.24. The van der Waals surface area contributed by atoms with Gasteiger partial charge in [-0.3, -0.25) is 4.68 Å². The van der Waals surface area contributed by atoms with Gasteiger partial charge in [0.2, 0.25) is 0 Å². The number of rotatable bonds is 4. The van der Waals surface area contributed by atoms with E-state index in [9.17, 15) is 0 Å². The van der Waals surface area contributed by atoms with E-state index >= 15 is 0 Å². The molecule has 18 heavy (non-hydrogen) atoms. The SMILES string of the molecule is COc1ccc(C(C(C)N)n2cc(I)cn2)cc1. The number of nitrogens with two attached hydrogens (primary N) is 1. The molecule has 2 unspecified atom stereocenters. The van der Waals surface area contributed by atoms with Crippen LogP contribution in [0.4, 0.5) is 0 Å². The van der Waals surface area contributed by atoms with Crippen molar-refractivity contribution in [2.75, 3.05) is 7.11 Å². The lowest BCUT2D eigenvalue weighted by Gasteiger charge is -2.22. The minimum atomic E-state index is -0.0194. The van der Waals surface area contributed by atoms with E-state index < -0.39 is 0 Å². The van der Waals surface area contributed by atoms with Crippen molar-refractivity contribution in [1.82, 2.24) is 9.78 Å². The standard InChI is InChI=1S/C13H16IN3O/c1-9(15)13(17-8-11(14)7-16-17)10-3-5-12(18-2)6-4-10/h3-9,13H,15H2,1-2H3. The van der Waals surface area contributed by atoms with Gasteiger partial charge in [0.05, 0.1) is 22.9 Å². The van der Waals surface area contributed by atoms with Gasteiger partial charge < -0.3 is 10.5 Å². The van der Waals surface area contributed by atoms with Crippen molar-refractivity contribution in [3.05, 3.63) is 45.8 Å². The maximum absolute atomic E-state index is 6.09. The molecule has 4 nitrogen and oxygen atoms in total. The number of hydrogen-bond donors (Lipinski definition) is 1. The first-order valence-corrected chi connectivity index (χ1v) is 6.79. The molecule has 1 aromatic carbocycles. The zero-order valence-corrected chi connectivity index (χ0v) is 12.5. The summed E-state index contributed by atoms with van der Waals surface area (Å²) in [5.41, 5.74) is 7.22. The van der Waals surface area contributed by atoms with Crippen molar-refractivity contribution >= 4 is 22.6 Å². The van der Waals surface area contributed by atoms with Crippen LogP contribution in [0.25, 0.3) is 0 Å². The highest BCUT2D eigenvalue weighted by molar-refractivity contribution is 14.1. The monoisotopic (exact) mass is 357 g/mol.